The van der Waals surface area contributed by atoms with Crippen LogP contribution in [-0.2, 0) is 14.6 Å². The van der Waals surface area contributed by atoms with E-state index >= 15 is 0 Å². The summed E-state index contributed by atoms with van der Waals surface area (Å²) in [5, 5.41) is 2.95. The van der Waals surface area contributed by atoms with Crippen LogP contribution in [0.1, 0.15) is 18.0 Å². The largest absolute Gasteiger partial charge is 1.00 e. The van der Waals surface area contributed by atoms with Crippen molar-refractivity contribution in [2.75, 3.05) is 6.26 Å². The van der Waals surface area contributed by atoms with Crippen LogP contribution in [0.15, 0.2) is 12.3 Å². The van der Waals surface area contributed by atoms with Crippen molar-refractivity contribution in [3.63, 3.8) is 0 Å². The fourth-order valence-electron chi connectivity index (χ4n) is 0.791. The van der Waals surface area contributed by atoms with Crippen LogP contribution in [0.25, 0.3) is 0 Å². The third-order valence-electron chi connectivity index (χ3n) is 1.71. The second-order valence-corrected chi connectivity index (χ2v) is 5.05. The Morgan fingerprint density at radius 2 is 2.14 bits per heavy atom. The van der Waals surface area contributed by atoms with Crippen LogP contribution >= 0.6 is 0 Å². The van der Waals surface area contributed by atoms with Gasteiger partial charge in [0, 0.05) is 12.5 Å². The van der Waals surface area contributed by atoms with E-state index in [4.69, 9.17) is 0 Å². The van der Waals surface area contributed by atoms with Gasteiger partial charge in [0.25, 0.3) is 0 Å². The molecule has 0 aliphatic rings. The Balaban J connectivity index is 0.00000169. The minimum absolute atomic E-state index is 0. The molecule has 0 aliphatic carbocycles. The molecule has 0 saturated heterocycles. The van der Waals surface area contributed by atoms with Crippen LogP contribution in [0.2, 0.25) is 0 Å². The maximum Gasteiger partial charge on any atom is 1.00 e. The first-order valence-corrected chi connectivity index (χ1v) is 5.53. The maximum absolute atomic E-state index is 11.1. The predicted molar refractivity (Wildman–Crippen MR) is 46.6 cm³/mol. The van der Waals surface area contributed by atoms with E-state index in [1.165, 1.54) is 23.9 Å². The quantitative estimate of drug-likeness (QED) is 0.390. The number of hydrogen-bond donors (Lipinski definition) is 0. The van der Waals surface area contributed by atoms with Gasteiger partial charge < -0.3 is 4.79 Å². The fourth-order valence-corrected chi connectivity index (χ4v) is 1.30. The van der Waals surface area contributed by atoms with Crippen molar-refractivity contribution in [3.05, 3.63) is 18.0 Å². The summed E-state index contributed by atoms with van der Waals surface area (Å²) in [7, 11) is -3.18. The normalized spacial score (nSPS) is 13.0. The third kappa shape index (κ3) is 2.98. The van der Waals surface area contributed by atoms with Crippen molar-refractivity contribution >= 4 is 16.1 Å². The first-order valence-electron chi connectivity index (χ1n) is 3.57. The van der Waals surface area contributed by atoms with Gasteiger partial charge >= 0.3 is 18.9 Å². The maximum atomic E-state index is 11.1. The van der Waals surface area contributed by atoms with Gasteiger partial charge in [-0.1, -0.05) is 6.20 Å². The van der Waals surface area contributed by atoms with Crippen molar-refractivity contribution in [2.24, 2.45) is 0 Å². The van der Waals surface area contributed by atoms with Crippen LogP contribution in [0.5, 0.6) is 0 Å². The summed E-state index contributed by atoms with van der Waals surface area (Å²) in [5.74, 6) is 0. The number of carbonyl (C=O) groups excluding carboxylic acids is 1. The molecule has 0 N–H and O–H groups in total. The average molecular weight is 208 g/mol. The number of nitrogens with zero attached hydrogens (tertiary/aromatic N) is 2. The van der Waals surface area contributed by atoms with Gasteiger partial charge in [0.05, 0.1) is 0 Å². The van der Waals surface area contributed by atoms with Crippen LogP contribution in [0.4, 0.5) is 0 Å². The second kappa shape index (κ2) is 4.78. The molecule has 0 fully saturated rings. The van der Waals surface area contributed by atoms with E-state index in [0.29, 0.717) is 0 Å². The summed E-state index contributed by atoms with van der Waals surface area (Å²) in [4.78, 5) is 10.1. The Labute approximate surface area is 94.6 Å². The van der Waals surface area contributed by atoms with Crippen LogP contribution in [0, 0.1) is 0 Å². The first kappa shape index (κ1) is 13.4. The fraction of sp³-hybridized carbons (Fsp3) is 0.429. The van der Waals surface area contributed by atoms with Gasteiger partial charge in [0.2, 0.25) is 0 Å². The van der Waals surface area contributed by atoms with E-state index in [1.54, 1.807) is 6.29 Å². The summed E-state index contributed by atoms with van der Waals surface area (Å²) >= 11 is 0. The van der Waals surface area contributed by atoms with Gasteiger partial charge in [-0.05, 0) is 12.6 Å². The van der Waals surface area contributed by atoms with E-state index in [1.807, 2.05) is 0 Å². The van der Waals surface area contributed by atoms with Crippen LogP contribution < -0.4 is 18.9 Å². The van der Waals surface area contributed by atoms with E-state index in [-0.39, 0.29) is 24.6 Å². The molecule has 1 heterocycles. The SMILES string of the molecule is CC(n1ccc([C-]=O)n1)S(C)(=O)=O.[Li+]. The molecule has 72 valence electrons. The molecular formula is C7H9LiN2O3S. The summed E-state index contributed by atoms with van der Waals surface area (Å²) < 4.78 is 23.4. The minimum Gasteiger partial charge on any atom is -0.417 e. The Hall–Kier alpha value is -0.573. The molecule has 1 aromatic rings. The number of sulfone groups is 1. The van der Waals surface area contributed by atoms with E-state index in [9.17, 15) is 13.2 Å². The van der Waals surface area contributed by atoms with Gasteiger partial charge in [0.15, 0.2) is 9.84 Å². The molecule has 7 heteroatoms. The van der Waals surface area contributed by atoms with E-state index in [0.717, 1.165) is 6.26 Å². The molecule has 5 nitrogen and oxygen atoms in total. The Kier molecular flexibility index (Phi) is 4.58. The minimum atomic E-state index is -3.18. The van der Waals surface area contributed by atoms with Gasteiger partial charge in [-0.15, -0.1) is 0 Å². The summed E-state index contributed by atoms with van der Waals surface area (Å²) in [6.45, 7) is 1.50. The molecule has 1 aromatic heterocycles. The van der Waals surface area contributed by atoms with E-state index < -0.39 is 15.2 Å². The van der Waals surface area contributed by atoms with Gasteiger partial charge in [-0.3, -0.25) is 4.68 Å². The summed E-state index contributed by atoms with van der Waals surface area (Å²) in [6, 6.07) is 1.41. The molecule has 0 spiro atoms. The van der Waals surface area contributed by atoms with Crippen molar-refractivity contribution in [3.8, 4) is 0 Å². The van der Waals surface area contributed by atoms with Crippen molar-refractivity contribution in [2.45, 2.75) is 12.3 Å². The molecule has 0 bridgehead atoms. The average Bonchev–Trinajstić information content (AvgIpc) is 2.48. The number of rotatable bonds is 3. The Morgan fingerprint density at radius 3 is 2.50 bits per heavy atom. The Morgan fingerprint density at radius 1 is 1.57 bits per heavy atom. The van der Waals surface area contributed by atoms with Gasteiger partial charge in [-0.2, -0.15) is 6.07 Å². The molecule has 0 radical (unpaired) electrons. The van der Waals surface area contributed by atoms with Crippen LogP contribution in [0.3, 0.4) is 0 Å². The molecule has 1 unspecified atom stereocenters. The first-order chi connectivity index (χ1) is 5.95. The third-order valence-corrected chi connectivity index (χ3v) is 3.16. The monoisotopic (exact) mass is 208 g/mol. The molecule has 0 amide bonds. The number of hydrogen-bond acceptors (Lipinski definition) is 4. The zero-order chi connectivity index (χ0) is 10.1. The van der Waals surface area contributed by atoms with Gasteiger partial charge in [0.1, 0.15) is 5.37 Å². The van der Waals surface area contributed by atoms with E-state index in [2.05, 4.69) is 5.10 Å². The van der Waals surface area contributed by atoms with Gasteiger partial charge in [-0.25, -0.2) is 13.5 Å². The zero-order valence-corrected chi connectivity index (χ0v) is 9.08. The second-order valence-electron chi connectivity index (χ2n) is 2.71. The molecule has 14 heavy (non-hydrogen) atoms. The molecule has 0 aliphatic heterocycles. The molecular weight excluding hydrogens is 199 g/mol. The summed E-state index contributed by atoms with van der Waals surface area (Å²) in [5.41, 5.74) is 0.107. The molecule has 0 saturated carbocycles. The van der Waals surface area contributed by atoms with Crippen molar-refractivity contribution < 1.29 is 32.1 Å². The summed E-state index contributed by atoms with van der Waals surface area (Å²) in [6.07, 6.45) is 4.13. The Bertz CT molecular complexity index is 412. The molecule has 0 aromatic carbocycles. The number of aromatic nitrogens is 2. The topological polar surface area (TPSA) is 69.0 Å². The van der Waals surface area contributed by atoms with Crippen molar-refractivity contribution in [1.82, 2.24) is 9.78 Å². The molecule has 1 atom stereocenters. The van der Waals surface area contributed by atoms with Crippen molar-refractivity contribution in [1.29, 1.82) is 0 Å². The smallest absolute Gasteiger partial charge is 0.417 e. The molecule has 1 rings (SSSR count). The predicted octanol–water partition coefficient (Wildman–Crippen LogP) is -3.09. The zero-order valence-electron chi connectivity index (χ0n) is 8.26. The van der Waals surface area contributed by atoms with Crippen LogP contribution in [-0.4, -0.2) is 30.7 Å². The standard InChI is InChI=1S/C7H9N2O3S.Li/c1-6(13(2,11)12)9-4-3-7(5-10)8-9;/h3-4,6H,1-2H3;/q-1;+1.